The van der Waals surface area contributed by atoms with Crippen molar-refractivity contribution in [2.75, 3.05) is 0 Å². The number of rotatable bonds is 1. The number of aromatic nitrogens is 1. The third kappa shape index (κ3) is 1.79. The first kappa shape index (κ1) is 11.6. The fourth-order valence-corrected chi connectivity index (χ4v) is 3.50. The second-order valence-electron chi connectivity index (χ2n) is 4.66. The normalized spacial score (nSPS) is 11.2. The van der Waals surface area contributed by atoms with Crippen molar-refractivity contribution in [2.24, 2.45) is 0 Å². The molecule has 0 saturated carbocycles. The van der Waals surface area contributed by atoms with Crippen molar-refractivity contribution >= 4 is 32.3 Å². The van der Waals surface area contributed by atoms with Crippen molar-refractivity contribution in [1.82, 2.24) is 4.98 Å². The van der Waals surface area contributed by atoms with Crippen molar-refractivity contribution in [2.45, 2.75) is 0 Å². The Balaban J connectivity index is 2.01. The zero-order valence-corrected chi connectivity index (χ0v) is 11.3. The van der Waals surface area contributed by atoms with Crippen molar-refractivity contribution in [3.8, 4) is 10.6 Å². The predicted molar refractivity (Wildman–Crippen MR) is 82.5 cm³/mol. The summed E-state index contributed by atoms with van der Waals surface area (Å²) in [5, 5.41) is 3.26. The van der Waals surface area contributed by atoms with Crippen molar-refractivity contribution < 1.29 is 4.39 Å². The smallest absolute Gasteiger partial charge is 0.124 e. The van der Waals surface area contributed by atoms with Crippen molar-refractivity contribution in [3.05, 3.63) is 66.5 Å². The molecule has 0 saturated heterocycles. The van der Waals surface area contributed by atoms with Crippen LogP contribution in [0.4, 0.5) is 4.39 Å². The van der Waals surface area contributed by atoms with Gasteiger partial charge >= 0.3 is 0 Å². The molecule has 0 N–H and O–H groups in total. The molecule has 0 atom stereocenters. The van der Waals surface area contributed by atoms with Gasteiger partial charge in [0.15, 0.2) is 0 Å². The monoisotopic (exact) mass is 279 g/mol. The van der Waals surface area contributed by atoms with E-state index in [1.165, 1.54) is 22.9 Å². The fourth-order valence-electron chi connectivity index (χ4n) is 2.40. The van der Waals surface area contributed by atoms with Crippen LogP contribution in [0.1, 0.15) is 0 Å². The molecular weight excluding hydrogens is 269 g/mol. The topological polar surface area (TPSA) is 12.9 Å². The summed E-state index contributed by atoms with van der Waals surface area (Å²) in [6, 6.07) is 18.9. The number of nitrogens with zero attached hydrogens (tertiary/aromatic N) is 1. The SMILES string of the molecule is Fc1cccc(-c2nc3ccc4ccccc4c3s2)c1. The van der Waals surface area contributed by atoms with Crippen LogP contribution in [0.2, 0.25) is 0 Å². The number of halogens is 1. The van der Waals surface area contributed by atoms with Gasteiger partial charge < -0.3 is 0 Å². The number of hydrogen-bond donors (Lipinski definition) is 0. The van der Waals surface area contributed by atoms with Crippen LogP contribution in [0.25, 0.3) is 31.6 Å². The molecule has 96 valence electrons. The second-order valence-corrected chi connectivity index (χ2v) is 5.66. The third-order valence-corrected chi connectivity index (χ3v) is 4.50. The quantitative estimate of drug-likeness (QED) is 0.463. The molecule has 20 heavy (non-hydrogen) atoms. The van der Waals surface area contributed by atoms with Crippen LogP contribution < -0.4 is 0 Å². The van der Waals surface area contributed by atoms with Gasteiger partial charge in [0.2, 0.25) is 0 Å². The number of benzene rings is 3. The highest BCUT2D eigenvalue weighted by atomic mass is 32.1. The molecule has 0 aliphatic carbocycles. The molecule has 0 spiro atoms. The minimum absolute atomic E-state index is 0.230. The highest BCUT2D eigenvalue weighted by molar-refractivity contribution is 7.22. The van der Waals surface area contributed by atoms with Crippen LogP contribution in [0, 0.1) is 5.82 Å². The Hall–Kier alpha value is -2.26. The Bertz CT molecular complexity index is 926. The third-order valence-electron chi connectivity index (χ3n) is 3.35. The summed E-state index contributed by atoms with van der Waals surface area (Å²) in [6.45, 7) is 0. The Labute approximate surface area is 119 Å². The number of thiazole rings is 1. The summed E-state index contributed by atoms with van der Waals surface area (Å²) < 4.78 is 14.5. The number of fused-ring (bicyclic) bond motifs is 3. The Morgan fingerprint density at radius 2 is 1.80 bits per heavy atom. The summed E-state index contributed by atoms with van der Waals surface area (Å²) in [4.78, 5) is 4.63. The lowest BCUT2D eigenvalue weighted by molar-refractivity contribution is 0.628. The maximum atomic E-state index is 13.3. The molecule has 0 unspecified atom stereocenters. The van der Waals surface area contributed by atoms with Gasteiger partial charge in [-0.25, -0.2) is 9.37 Å². The fraction of sp³-hybridized carbons (Fsp3) is 0. The van der Waals surface area contributed by atoms with E-state index in [9.17, 15) is 4.39 Å². The molecule has 1 nitrogen and oxygen atoms in total. The standard InChI is InChI=1S/C17H10FNS/c18-13-6-3-5-12(10-13)17-19-15-9-8-11-4-1-2-7-14(11)16(15)20-17/h1-10H. The molecular formula is C17H10FNS. The first-order valence-electron chi connectivity index (χ1n) is 6.35. The zero-order valence-electron chi connectivity index (χ0n) is 10.5. The van der Waals surface area contributed by atoms with E-state index >= 15 is 0 Å². The average molecular weight is 279 g/mol. The van der Waals surface area contributed by atoms with Gasteiger partial charge in [-0.2, -0.15) is 0 Å². The minimum atomic E-state index is -0.230. The molecule has 0 amide bonds. The molecule has 4 aromatic rings. The second kappa shape index (κ2) is 4.39. The van der Waals surface area contributed by atoms with Gasteiger partial charge in [-0.05, 0) is 23.6 Å². The van der Waals surface area contributed by atoms with Crippen LogP contribution in [-0.2, 0) is 0 Å². The van der Waals surface area contributed by atoms with E-state index in [0.29, 0.717) is 0 Å². The summed E-state index contributed by atoms with van der Waals surface area (Å²) in [5.41, 5.74) is 1.79. The van der Waals surface area contributed by atoms with Gasteiger partial charge in [0.05, 0.1) is 10.2 Å². The largest absolute Gasteiger partial charge is 0.236 e. The first-order valence-corrected chi connectivity index (χ1v) is 7.17. The molecule has 1 aromatic heterocycles. The highest BCUT2D eigenvalue weighted by Crippen LogP contribution is 2.34. The van der Waals surface area contributed by atoms with Gasteiger partial charge in [-0.1, -0.05) is 42.5 Å². The Morgan fingerprint density at radius 3 is 2.70 bits per heavy atom. The van der Waals surface area contributed by atoms with E-state index < -0.39 is 0 Å². The van der Waals surface area contributed by atoms with E-state index in [1.807, 2.05) is 24.3 Å². The van der Waals surface area contributed by atoms with Gasteiger partial charge in [-0.3, -0.25) is 0 Å². The average Bonchev–Trinajstić information content (AvgIpc) is 2.92. The lowest BCUT2D eigenvalue weighted by Crippen LogP contribution is -1.78. The molecule has 0 fully saturated rings. The van der Waals surface area contributed by atoms with E-state index in [0.717, 1.165) is 20.8 Å². The van der Waals surface area contributed by atoms with Gasteiger partial charge in [0.1, 0.15) is 10.8 Å². The van der Waals surface area contributed by atoms with E-state index in [2.05, 4.69) is 23.2 Å². The predicted octanol–water partition coefficient (Wildman–Crippen LogP) is 5.26. The lowest BCUT2D eigenvalue weighted by Gasteiger charge is -1.96. The molecule has 3 heteroatoms. The van der Waals surface area contributed by atoms with E-state index in [4.69, 9.17) is 0 Å². The van der Waals surface area contributed by atoms with Crippen LogP contribution in [0.3, 0.4) is 0 Å². The van der Waals surface area contributed by atoms with E-state index in [-0.39, 0.29) is 5.82 Å². The molecule has 3 aromatic carbocycles. The van der Waals surface area contributed by atoms with E-state index in [1.54, 1.807) is 17.4 Å². The molecule has 0 aliphatic rings. The molecule has 0 radical (unpaired) electrons. The summed E-state index contributed by atoms with van der Waals surface area (Å²) in [7, 11) is 0. The zero-order chi connectivity index (χ0) is 13.5. The maximum Gasteiger partial charge on any atom is 0.124 e. The van der Waals surface area contributed by atoms with Crippen LogP contribution in [0.15, 0.2) is 60.7 Å². The van der Waals surface area contributed by atoms with Crippen LogP contribution in [-0.4, -0.2) is 4.98 Å². The van der Waals surface area contributed by atoms with Crippen molar-refractivity contribution in [3.63, 3.8) is 0 Å². The first-order chi connectivity index (χ1) is 9.81. The summed E-state index contributed by atoms with van der Waals surface area (Å²) in [6.07, 6.45) is 0. The molecule has 0 bridgehead atoms. The highest BCUT2D eigenvalue weighted by Gasteiger charge is 2.09. The molecule has 0 aliphatic heterocycles. The number of hydrogen-bond acceptors (Lipinski definition) is 2. The van der Waals surface area contributed by atoms with Crippen molar-refractivity contribution in [1.29, 1.82) is 0 Å². The Morgan fingerprint density at radius 1 is 0.900 bits per heavy atom. The Kier molecular flexibility index (Phi) is 2.54. The van der Waals surface area contributed by atoms with Gasteiger partial charge in [0, 0.05) is 10.9 Å². The summed E-state index contributed by atoms with van der Waals surface area (Å²) >= 11 is 1.61. The minimum Gasteiger partial charge on any atom is -0.236 e. The molecule has 4 rings (SSSR count). The van der Waals surface area contributed by atoms with Gasteiger partial charge in [-0.15, -0.1) is 11.3 Å². The summed E-state index contributed by atoms with van der Waals surface area (Å²) in [5.74, 6) is -0.230. The van der Waals surface area contributed by atoms with Crippen LogP contribution in [0.5, 0.6) is 0 Å². The van der Waals surface area contributed by atoms with Crippen LogP contribution >= 0.6 is 11.3 Å². The maximum absolute atomic E-state index is 13.3. The lowest BCUT2D eigenvalue weighted by atomic mass is 10.1. The molecule has 1 heterocycles. The van der Waals surface area contributed by atoms with Gasteiger partial charge in [0.25, 0.3) is 0 Å².